The molecule has 2 aliphatic rings. The highest BCUT2D eigenvalue weighted by Crippen LogP contribution is 2.38. The molecular formula is C26H29Cl3N2O4. The minimum Gasteiger partial charge on any atom is -0.395 e. The Labute approximate surface area is 220 Å². The minimum atomic E-state index is -0.821. The molecule has 2 saturated heterocycles. The van der Waals surface area contributed by atoms with E-state index in [4.69, 9.17) is 39.5 Å². The third-order valence-electron chi connectivity index (χ3n) is 7.35. The molecule has 2 atom stereocenters. The number of ether oxygens (including phenoxy) is 1. The van der Waals surface area contributed by atoms with Crippen LogP contribution in [0.5, 0.6) is 0 Å². The summed E-state index contributed by atoms with van der Waals surface area (Å²) < 4.78 is 5.44. The van der Waals surface area contributed by atoms with Crippen LogP contribution in [0.25, 0.3) is 0 Å². The monoisotopic (exact) mass is 538 g/mol. The first kappa shape index (κ1) is 26.2. The van der Waals surface area contributed by atoms with E-state index >= 15 is 0 Å². The van der Waals surface area contributed by atoms with Gasteiger partial charge in [0.25, 0.3) is 5.91 Å². The van der Waals surface area contributed by atoms with Crippen molar-refractivity contribution in [1.82, 2.24) is 9.80 Å². The highest BCUT2D eigenvalue weighted by molar-refractivity contribution is 6.42. The summed E-state index contributed by atoms with van der Waals surface area (Å²) in [5.41, 5.74) is 0.630. The summed E-state index contributed by atoms with van der Waals surface area (Å²) in [4.78, 5) is 30.5. The van der Waals surface area contributed by atoms with Crippen LogP contribution in [0.2, 0.25) is 15.1 Å². The molecular weight excluding hydrogens is 511 g/mol. The largest absolute Gasteiger partial charge is 0.395 e. The number of hydrogen-bond donors (Lipinski definition) is 1. The summed E-state index contributed by atoms with van der Waals surface area (Å²) in [6.45, 7) is 1.60. The van der Waals surface area contributed by atoms with Crippen LogP contribution in [0.3, 0.4) is 0 Å². The van der Waals surface area contributed by atoms with E-state index in [1.54, 1.807) is 42.3 Å². The molecule has 0 saturated carbocycles. The van der Waals surface area contributed by atoms with E-state index in [2.05, 4.69) is 0 Å². The zero-order valence-corrected chi connectivity index (χ0v) is 21.8. The molecule has 0 radical (unpaired) electrons. The van der Waals surface area contributed by atoms with Gasteiger partial charge >= 0.3 is 0 Å². The van der Waals surface area contributed by atoms with Gasteiger partial charge < -0.3 is 19.6 Å². The number of benzene rings is 2. The lowest BCUT2D eigenvalue weighted by Crippen LogP contribution is -2.56. The van der Waals surface area contributed by atoms with Crippen molar-refractivity contribution >= 4 is 46.6 Å². The van der Waals surface area contributed by atoms with Crippen molar-refractivity contribution in [2.45, 2.75) is 31.2 Å². The van der Waals surface area contributed by atoms with E-state index in [1.165, 1.54) is 0 Å². The predicted octanol–water partition coefficient (Wildman–Crippen LogP) is 4.89. The van der Waals surface area contributed by atoms with Gasteiger partial charge in [-0.2, -0.15) is 0 Å². The zero-order chi connectivity index (χ0) is 25.2. The lowest BCUT2D eigenvalue weighted by Gasteiger charge is -2.46. The second kappa shape index (κ2) is 11.1. The number of likely N-dealkylation sites (N-methyl/N-ethyl adjacent to an activating group) is 1. The fourth-order valence-electron chi connectivity index (χ4n) is 5.14. The maximum absolute atomic E-state index is 13.6. The Balaban J connectivity index is 1.63. The molecule has 2 heterocycles. The SMILES string of the molecule is CN(C(=O)c1ccc(Cl)cc1)[C@@H]1CCN(C(=O)C2(CO)CCOCC2)C[C@H]1c1ccc(Cl)c(Cl)c1. The van der Waals surface area contributed by atoms with Gasteiger partial charge in [-0.15, -0.1) is 0 Å². The van der Waals surface area contributed by atoms with Gasteiger partial charge in [-0.1, -0.05) is 40.9 Å². The number of aliphatic hydroxyl groups is 1. The summed E-state index contributed by atoms with van der Waals surface area (Å²) >= 11 is 18.5. The molecule has 1 N–H and O–H groups in total. The van der Waals surface area contributed by atoms with Crippen molar-refractivity contribution in [2.75, 3.05) is 40.0 Å². The van der Waals surface area contributed by atoms with E-state index in [0.29, 0.717) is 66.2 Å². The molecule has 0 aromatic heterocycles. The maximum atomic E-state index is 13.6. The first-order valence-electron chi connectivity index (χ1n) is 11.7. The van der Waals surface area contributed by atoms with Gasteiger partial charge in [-0.3, -0.25) is 9.59 Å². The van der Waals surface area contributed by atoms with E-state index in [1.807, 2.05) is 17.0 Å². The average molecular weight is 540 g/mol. The Morgan fingerprint density at radius 3 is 2.40 bits per heavy atom. The highest BCUT2D eigenvalue weighted by Gasteiger charge is 2.45. The highest BCUT2D eigenvalue weighted by atomic mass is 35.5. The van der Waals surface area contributed by atoms with Crippen LogP contribution >= 0.6 is 34.8 Å². The Hall–Kier alpha value is -1.83. The fraction of sp³-hybridized carbons (Fsp3) is 0.462. The van der Waals surface area contributed by atoms with Gasteiger partial charge in [0, 0.05) is 55.9 Å². The standard InChI is InChI=1S/C26H29Cl3N2O4/c1-30(24(33)17-2-5-19(27)6-3-17)23-8-11-31(25(34)26(16-32)9-12-35-13-10-26)15-20(23)18-4-7-21(28)22(29)14-18/h2-7,14,20,23,32H,8-13,15-16H2,1H3/t20-,23+/m0/s1. The third kappa shape index (κ3) is 5.47. The molecule has 2 aliphatic heterocycles. The first-order valence-corrected chi connectivity index (χ1v) is 12.8. The Bertz CT molecular complexity index is 1070. The third-order valence-corrected chi connectivity index (χ3v) is 8.34. The molecule has 2 aromatic rings. The van der Waals surface area contributed by atoms with Crippen LogP contribution in [0.15, 0.2) is 42.5 Å². The number of carbonyl (C=O) groups is 2. The van der Waals surface area contributed by atoms with E-state index in [-0.39, 0.29) is 30.4 Å². The summed E-state index contributed by atoms with van der Waals surface area (Å²) in [7, 11) is 1.79. The lowest BCUT2D eigenvalue weighted by molar-refractivity contribution is -0.153. The number of piperidine rings is 1. The van der Waals surface area contributed by atoms with Gasteiger partial charge in [0.05, 0.1) is 22.1 Å². The maximum Gasteiger partial charge on any atom is 0.253 e. The number of nitrogens with zero attached hydrogens (tertiary/aromatic N) is 2. The van der Waals surface area contributed by atoms with Crippen molar-refractivity contribution in [3.63, 3.8) is 0 Å². The van der Waals surface area contributed by atoms with Crippen LogP contribution in [-0.2, 0) is 9.53 Å². The number of amides is 2. The number of halogens is 3. The number of carbonyl (C=O) groups excluding carboxylic acids is 2. The van der Waals surface area contributed by atoms with E-state index in [9.17, 15) is 14.7 Å². The van der Waals surface area contributed by atoms with E-state index in [0.717, 1.165) is 5.56 Å². The molecule has 2 aromatic carbocycles. The van der Waals surface area contributed by atoms with Crippen LogP contribution in [-0.4, -0.2) is 72.7 Å². The number of hydrogen-bond acceptors (Lipinski definition) is 4. The van der Waals surface area contributed by atoms with Crippen LogP contribution in [0, 0.1) is 5.41 Å². The zero-order valence-electron chi connectivity index (χ0n) is 19.6. The summed E-state index contributed by atoms with van der Waals surface area (Å²) in [5.74, 6) is -0.356. The number of likely N-dealkylation sites (tertiary alicyclic amines) is 1. The molecule has 4 rings (SSSR count). The fourth-order valence-corrected chi connectivity index (χ4v) is 5.57. The van der Waals surface area contributed by atoms with E-state index < -0.39 is 5.41 Å². The molecule has 0 spiro atoms. The average Bonchev–Trinajstić information content (AvgIpc) is 2.89. The number of aliphatic hydroxyl groups excluding tert-OH is 1. The van der Waals surface area contributed by atoms with Gasteiger partial charge in [0.1, 0.15) is 0 Å². The van der Waals surface area contributed by atoms with Crippen LogP contribution in [0.1, 0.15) is 41.1 Å². The Morgan fingerprint density at radius 1 is 1.09 bits per heavy atom. The van der Waals surface area contributed by atoms with Crippen LogP contribution in [0.4, 0.5) is 0 Å². The normalized spacial score (nSPS) is 22.0. The molecule has 9 heteroatoms. The summed E-state index contributed by atoms with van der Waals surface area (Å²) in [6.07, 6.45) is 1.58. The molecule has 2 amide bonds. The summed E-state index contributed by atoms with van der Waals surface area (Å²) in [6, 6.07) is 12.1. The topological polar surface area (TPSA) is 70.1 Å². The Morgan fingerprint density at radius 2 is 1.77 bits per heavy atom. The molecule has 6 nitrogen and oxygen atoms in total. The quantitative estimate of drug-likeness (QED) is 0.587. The molecule has 188 valence electrons. The van der Waals surface area contributed by atoms with Crippen molar-refractivity contribution in [2.24, 2.45) is 5.41 Å². The molecule has 35 heavy (non-hydrogen) atoms. The van der Waals surface area contributed by atoms with Crippen molar-refractivity contribution in [3.05, 3.63) is 68.7 Å². The van der Waals surface area contributed by atoms with Gasteiger partial charge in [0.2, 0.25) is 5.91 Å². The molecule has 2 fully saturated rings. The van der Waals surface area contributed by atoms with Gasteiger partial charge in [-0.25, -0.2) is 0 Å². The minimum absolute atomic E-state index is 0.0570. The Kier molecular flexibility index (Phi) is 8.29. The second-order valence-electron chi connectivity index (χ2n) is 9.36. The second-order valence-corrected chi connectivity index (χ2v) is 10.6. The van der Waals surface area contributed by atoms with Crippen molar-refractivity contribution in [1.29, 1.82) is 0 Å². The summed E-state index contributed by atoms with van der Waals surface area (Å²) in [5, 5.41) is 11.6. The molecule has 0 bridgehead atoms. The van der Waals surface area contributed by atoms with Crippen molar-refractivity contribution < 1.29 is 19.4 Å². The number of rotatable bonds is 5. The lowest BCUT2D eigenvalue weighted by atomic mass is 9.78. The first-order chi connectivity index (χ1) is 16.8. The van der Waals surface area contributed by atoms with Gasteiger partial charge in [-0.05, 0) is 61.2 Å². The predicted molar refractivity (Wildman–Crippen MR) is 137 cm³/mol. The molecule has 0 unspecified atom stereocenters. The van der Waals surface area contributed by atoms with Crippen LogP contribution < -0.4 is 0 Å². The van der Waals surface area contributed by atoms with Gasteiger partial charge in [0.15, 0.2) is 0 Å². The van der Waals surface area contributed by atoms with Crippen molar-refractivity contribution in [3.8, 4) is 0 Å². The smallest absolute Gasteiger partial charge is 0.253 e. The molecule has 0 aliphatic carbocycles.